The van der Waals surface area contributed by atoms with E-state index in [0.29, 0.717) is 31.1 Å². The number of hydrogen-bond acceptors (Lipinski definition) is 9. The van der Waals surface area contributed by atoms with Crippen LogP contribution in [0.2, 0.25) is 0 Å². The summed E-state index contributed by atoms with van der Waals surface area (Å²) in [5.41, 5.74) is -0.520. The average molecular weight is 452 g/mol. The topological polar surface area (TPSA) is 117 Å². The fourth-order valence-electron chi connectivity index (χ4n) is 5.14. The highest BCUT2D eigenvalue weighted by atomic mass is 19.1. The maximum absolute atomic E-state index is 14.6. The van der Waals surface area contributed by atoms with Crippen LogP contribution in [-0.2, 0) is 14.3 Å². The van der Waals surface area contributed by atoms with E-state index in [4.69, 9.17) is 14.0 Å². The summed E-state index contributed by atoms with van der Waals surface area (Å²) in [5, 5.41) is 13.8. The Labute approximate surface area is 188 Å². The Kier molecular flexibility index (Phi) is 4.50. The van der Waals surface area contributed by atoms with Gasteiger partial charge in [0.1, 0.15) is 35.3 Å². The molecule has 2 fully saturated rings. The smallest absolute Gasteiger partial charge is 0.255 e. The van der Waals surface area contributed by atoms with E-state index < -0.39 is 23.6 Å². The summed E-state index contributed by atoms with van der Waals surface area (Å²) in [7, 11) is 0. The van der Waals surface area contributed by atoms with Crippen molar-refractivity contribution in [1.29, 1.82) is 5.26 Å². The maximum Gasteiger partial charge on any atom is 0.255 e. The molecule has 33 heavy (non-hydrogen) atoms. The van der Waals surface area contributed by atoms with Gasteiger partial charge in [-0.15, -0.1) is 0 Å². The first kappa shape index (κ1) is 20.3. The van der Waals surface area contributed by atoms with Crippen molar-refractivity contribution in [3.8, 4) is 6.07 Å². The molecule has 5 heterocycles. The van der Waals surface area contributed by atoms with Crippen molar-refractivity contribution in [3.63, 3.8) is 0 Å². The van der Waals surface area contributed by atoms with Crippen molar-refractivity contribution in [1.82, 2.24) is 10.1 Å². The van der Waals surface area contributed by atoms with Crippen LogP contribution in [0.15, 0.2) is 21.6 Å². The molecule has 4 aliphatic heterocycles. The molecule has 4 atom stereocenters. The van der Waals surface area contributed by atoms with Gasteiger partial charge in [-0.1, -0.05) is 5.16 Å². The number of anilines is 2. The molecule has 1 aromatic carbocycles. The van der Waals surface area contributed by atoms with Gasteiger partial charge in [0.15, 0.2) is 6.04 Å². The molecule has 11 heteroatoms. The summed E-state index contributed by atoms with van der Waals surface area (Å²) < 4.78 is 31.7. The SMILES string of the molecule is CC1(N2C(=O)C3C(c4nc(C5CCCO5)no4)N=CN3c3ccc(F)c(C#N)c32)CCCO1. The van der Waals surface area contributed by atoms with Crippen molar-refractivity contribution in [2.24, 2.45) is 4.99 Å². The first-order valence-electron chi connectivity index (χ1n) is 11.0. The van der Waals surface area contributed by atoms with E-state index in [2.05, 4.69) is 15.1 Å². The van der Waals surface area contributed by atoms with Gasteiger partial charge in [-0.05, 0) is 44.7 Å². The number of nitrogens with zero attached hydrogens (tertiary/aromatic N) is 6. The quantitative estimate of drug-likeness (QED) is 0.698. The number of aromatic nitrogens is 2. The first-order chi connectivity index (χ1) is 16.0. The number of ether oxygens (including phenoxy) is 2. The standard InChI is InChI=1S/C22H21FN6O4/c1-22(7-3-9-32-22)29-17-12(10-24)13(23)5-6-14(17)28-11-25-16(18(28)21(29)30)20-26-19(27-33-20)15-4-2-8-31-15/h5-6,11,15-16,18H,2-4,7-9H2,1H3. The molecule has 170 valence electrons. The highest BCUT2D eigenvalue weighted by molar-refractivity contribution is 6.13. The van der Waals surface area contributed by atoms with Crippen LogP contribution in [0.5, 0.6) is 0 Å². The molecule has 0 bridgehead atoms. The Bertz CT molecular complexity index is 1190. The van der Waals surface area contributed by atoms with E-state index >= 15 is 0 Å². The number of halogens is 1. The molecule has 0 aliphatic carbocycles. The lowest BCUT2D eigenvalue weighted by molar-refractivity contribution is -0.125. The van der Waals surface area contributed by atoms with Gasteiger partial charge in [0.05, 0.1) is 17.7 Å². The van der Waals surface area contributed by atoms with Crippen molar-refractivity contribution in [3.05, 3.63) is 35.2 Å². The minimum atomic E-state index is -1.01. The van der Waals surface area contributed by atoms with Gasteiger partial charge < -0.3 is 18.9 Å². The summed E-state index contributed by atoms with van der Waals surface area (Å²) in [4.78, 5) is 26.0. The van der Waals surface area contributed by atoms with Crippen molar-refractivity contribution >= 4 is 23.6 Å². The molecule has 4 aliphatic rings. The Morgan fingerprint density at radius 3 is 2.91 bits per heavy atom. The van der Waals surface area contributed by atoms with Crippen LogP contribution in [-0.4, -0.2) is 47.4 Å². The lowest BCUT2D eigenvalue weighted by atomic mass is 9.95. The van der Waals surface area contributed by atoms with Gasteiger partial charge in [0.2, 0.25) is 5.82 Å². The Morgan fingerprint density at radius 2 is 2.18 bits per heavy atom. The fraction of sp³-hybridized carbons (Fsp3) is 0.500. The third kappa shape index (κ3) is 2.91. The molecule has 6 rings (SSSR count). The second-order valence-electron chi connectivity index (χ2n) is 8.76. The molecule has 0 spiro atoms. The monoisotopic (exact) mass is 452 g/mol. The number of hydrogen-bond donors (Lipinski definition) is 0. The van der Waals surface area contributed by atoms with E-state index in [1.54, 1.807) is 17.9 Å². The maximum atomic E-state index is 14.6. The van der Waals surface area contributed by atoms with E-state index in [1.807, 2.05) is 6.07 Å². The molecule has 1 amide bonds. The van der Waals surface area contributed by atoms with Gasteiger partial charge in [-0.2, -0.15) is 10.2 Å². The van der Waals surface area contributed by atoms with E-state index in [-0.39, 0.29) is 29.2 Å². The number of nitriles is 1. The average Bonchev–Trinajstić information content (AvgIpc) is 3.59. The van der Waals surface area contributed by atoms with Crippen molar-refractivity contribution in [2.75, 3.05) is 23.0 Å². The van der Waals surface area contributed by atoms with Crippen LogP contribution in [0.25, 0.3) is 0 Å². The minimum absolute atomic E-state index is 0.195. The van der Waals surface area contributed by atoms with Crippen molar-refractivity contribution in [2.45, 2.75) is 56.5 Å². The van der Waals surface area contributed by atoms with Gasteiger partial charge in [0.25, 0.3) is 11.8 Å². The van der Waals surface area contributed by atoms with Crippen LogP contribution in [0.4, 0.5) is 15.8 Å². The molecule has 1 aromatic heterocycles. The van der Waals surface area contributed by atoms with Crippen LogP contribution < -0.4 is 9.80 Å². The number of rotatable bonds is 3. The largest absolute Gasteiger partial charge is 0.370 e. The van der Waals surface area contributed by atoms with Crippen LogP contribution in [0.1, 0.15) is 62.0 Å². The lowest BCUT2D eigenvalue weighted by Crippen LogP contribution is -2.60. The third-order valence-electron chi connectivity index (χ3n) is 6.74. The zero-order chi connectivity index (χ0) is 22.7. The van der Waals surface area contributed by atoms with E-state index in [0.717, 1.165) is 19.3 Å². The number of aliphatic imine (C=N–C) groups is 1. The highest BCUT2D eigenvalue weighted by Crippen LogP contribution is 2.49. The normalized spacial score (nSPS) is 30.6. The molecule has 0 radical (unpaired) electrons. The molecule has 0 saturated carbocycles. The van der Waals surface area contributed by atoms with E-state index in [9.17, 15) is 14.4 Å². The zero-order valence-corrected chi connectivity index (χ0v) is 17.9. The predicted octanol–water partition coefficient (Wildman–Crippen LogP) is 2.76. The second kappa shape index (κ2) is 7.33. The molecular weight excluding hydrogens is 431 g/mol. The molecular formula is C22H21FN6O4. The predicted molar refractivity (Wildman–Crippen MR) is 112 cm³/mol. The lowest BCUT2D eigenvalue weighted by Gasteiger charge is -2.46. The van der Waals surface area contributed by atoms with Crippen LogP contribution in [0, 0.1) is 17.1 Å². The fourth-order valence-corrected chi connectivity index (χ4v) is 5.14. The number of amides is 1. The second-order valence-corrected chi connectivity index (χ2v) is 8.76. The highest BCUT2D eigenvalue weighted by Gasteiger charge is 2.54. The number of carbonyl (C=O) groups is 1. The molecule has 0 N–H and O–H groups in total. The Balaban J connectivity index is 1.45. The zero-order valence-electron chi connectivity index (χ0n) is 17.9. The molecule has 4 unspecified atom stereocenters. The van der Waals surface area contributed by atoms with E-state index in [1.165, 1.54) is 17.3 Å². The van der Waals surface area contributed by atoms with Gasteiger partial charge in [-0.25, -0.2) is 4.39 Å². The van der Waals surface area contributed by atoms with Gasteiger partial charge >= 0.3 is 0 Å². The summed E-state index contributed by atoms with van der Waals surface area (Å²) in [6.07, 6.45) is 4.32. The Hall–Kier alpha value is -3.36. The van der Waals surface area contributed by atoms with Crippen molar-refractivity contribution < 1.29 is 23.2 Å². The Morgan fingerprint density at radius 1 is 1.30 bits per heavy atom. The molecule has 2 aromatic rings. The minimum Gasteiger partial charge on any atom is -0.370 e. The number of carbonyl (C=O) groups excluding carboxylic acids is 1. The van der Waals surface area contributed by atoms with Crippen LogP contribution >= 0.6 is 0 Å². The first-order valence-corrected chi connectivity index (χ1v) is 11.0. The number of benzene rings is 1. The summed E-state index contributed by atoms with van der Waals surface area (Å²) in [6, 6.07) is 3.12. The molecule has 10 nitrogen and oxygen atoms in total. The summed E-state index contributed by atoms with van der Waals surface area (Å²) in [5.74, 6) is -0.411. The van der Waals surface area contributed by atoms with Crippen LogP contribution in [0.3, 0.4) is 0 Å². The summed E-state index contributed by atoms with van der Waals surface area (Å²) >= 11 is 0. The number of fused-ring (bicyclic) bond motifs is 3. The van der Waals surface area contributed by atoms with Gasteiger partial charge in [0, 0.05) is 13.2 Å². The molecule has 2 saturated heterocycles. The van der Waals surface area contributed by atoms with Gasteiger partial charge in [-0.3, -0.25) is 14.7 Å². The summed E-state index contributed by atoms with van der Waals surface area (Å²) in [6.45, 7) is 2.90. The third-order valence-corrected chi connectivity index (χ3v) is 6.74.